The molecule has 2 fully saturated rings. The number of hydrogen-bond acceptors (Lipinski definition) is 3. The van der Waals surface area contributed by atoms with Gasteiger partial charge >= 0.3 is 0 Å². The van der Waals surface area contributed by atoms with Crippen LogP contribution in [0.25, 0.3) is 0 Å². The van der Waals surface area contributed by atoms with Crippen LogP contribution in [0.4, 0.5) is 5.69 Å². The summed E-state index contributed by atoms with van der Waals surface area (Å²) in [6.45, 7) is 5.70. The third-order valence-corrected chi connectivity index (χ3v) is 7.15. The Labute approximate surface area is 187 Å². The lowest BCUT2D eigenvalue weighted by Crippen LogP contribution is -2.48. The van der Waals surface area contributed by atoms with Gasteiger partial charge in [-0.3, -0.25) is 9.69 Å². The number of anilines is 1. The van der Waals surface area contributed by atoms with Gasteiger partial charge in [0.2, 0.25) is 5.91 Å². The molecule has 2 heterocycles. The number of hydrogen-bond donors (Lipinski definition) is 1. The first kappa shape index (κ1) is 22.0. The number of piperidine rings is 1. The Morgan fingerprint density at radius 3 is 2.42 bits per heavy atom. The highest BCUT2D eigenvalue weighted by Crippen LogP contribution is 2.44. The van der Waals surface area contributed by atoms with Crippen LogP contribution in [-0.4, -0.2) is 36.6 Å². The molecule has 2 aromatic rings. The molecule has 0 radical (unpaired) electrons. The van der Waals surface area contributed by atoms with E-state index in [-0.39, 0.29) is 5.91 Å². The number of rotatable bonds is 7. The zero-order chi connectivity index (χ0) is 21.5. The highest BCUT2D eigenvalue weighted by Gasteiger charge is 2.42. The molecule has 0 spiro atoms. The highest BCUT2D eigenvalue weighted by atomic mass is 16.5. The van der Waals surface area contributed by atoms with E-state index in [4.69, 9.17) is 4.74 Å². The van der Waals surface area contributed by atoms with Gasteiger partial charge in [-0.2, -0.15) is 0 Å². The van der Waals surface area contributed by atoms with Crippen molar-refractivity contribution < 1.29 is 9.53 Å². The molecule has 0 aliphatic carbocycles. The molecule has 2 saturated heterocycles. The lowest BCUT2D eigenvalue weighted by Gasteiger charge is -2.48. The number of nitrogens with one attached hydrogen (secondary N) is 1. The van der Waals surface area contributed by atoms with E-state index in [9.17, 15) is 4.79 Å². The number of benzene rings is 2. The SMILES string of the molecule is CC(=O)Nc1ccc(CN2CCC(CCc3ccccc3)(C3CCCCO3)CC2)cc1. The van der Waals surface area contributed by atoms with Crippen molar-refractivity contribution in [1.29, 1.82) is 0 Å². The first-order valence-corrected chi connectivity index (χ1v) is 11.9. The number of likely N-dealkylation sites (tertiary alicyclic amines) is 1. The third kappa shape index (κ3) is 5.96. The van der Waals surface area contributed by atoms with Crippen LogP contribution in [0.5, 0.6) is 0 Å². The molecule has 4 nitrogen and oxygen atoms in total. The maximum atomic E-state index is 11.2. The Kier molecular flexibility index (Phi) is 7.41. The van der Waals surface area contributed by atoms with Crippen LogP contribution >= 0.6 is 0 Å². The number of carbonyl (C=O) groups excluding carboxylic acids is 1. The Bertz CT molecular complexity index is 820. The molecule has 1 unspecified atom stereocenters. The largest absolute Gasteiger partial charge is 0.378 e. The van der Waals surface area contributed by atoms with Gasteiger partial charge in [-0.05, 0) is 86.7 Å². The maximum Gasteiger partial charge on any atom is 0.221 e. The standard InChI is InChI=1S/C27H36N2O2/c1-22(30)28-25-12-10-24(11-13-25)21-29-18-16-27(17-19-29,26-9-5-6-20-31-26)15-14-23-7-3-2-4-8-23/h2-4,7-8,10-13,26H,5-6,9,14-21H2,1H3,(H,28,30). The lowest BCUT2D eigenvalue weighted by atomic mass is 9.68. The van der Waals surface area contributed by atoms with E-state index in [1.54, 1.807) is 6.92 Å². The molecule has 2 aliphatic rings. The molecule has 166 valence electrons. The van der Waals surface area contributed by atoms with Crippen LogP contribution in [0.15, 0.2) is 54.6 Å². The molecule has 31 heavy (non-hydrogen) atoms. The van der Waals surface area contributed by atoms with Crippen LogP contribution in [0.1, 0.15) is 56.6 Å². The fourth-order valence-electron chi connectivity index (χ4n) is 5.31. The quantitative estimate of drug-likeness (QED) is 0.649. The summed E-state index contributed by atoms with van der Waals surface area (Å²) >= 11 is 0. The third-order valence-electron chi connectivity index (χ3n) is 7.15. The van der Waals surface area contributed by atoms with Crippen molar-refractivity contribution in [3.63, 3.8) is 0 Å². The average Bonchev–Trinajstić information content (AvgIpc) is 2.81. The molecule has 4 rings (SSSR count). The summed E-state index contributed by atoms with van der Waals surface area (Å²) in [6.07, 6.45) is 8.96. The molecule has 1 atom stereocenters. The molecular weight excluding hydrogens is 384 g/mol. The number of nitrogens with zero attached hydrogens (tertiary/aromatic N) is 1. The molecule has 2 aromatic carbocycles. The van der Waals surface area contributed by atoms with E-state index in [2.05, 4.69) is 52.7 Å². The zero-order valence-corrected chi connectivity index (χ0v) is 18.8. The molecule has 4 heteroatoms. The van der Waals surface area contributed by atoms with Crippen molar-refractivity contribution >= 4 is 11.6 Å². The van der Waals surface area contributed by atoms with Crippen molar-refractivity contribution in [3.8, 4) is 0 Å². The molecule has 1 N–H and O–H groups in total. The van der Waals surface area contributed by atoms with E-state index in [0.29, 0.717) is 11.5 Å². The number of aryl methyl sites for hydroxylation is 1. The van der Waals surface area contributed by atoms with Crippen LogP contribution in [-0.2, 0) is 22.5 Å². The Hall–Kier alpha value is -2.17. The van der Waals surface area contributed by atoms with Gasteiger partial charge in [0, 0.05) is 25.8 Å². The zero-order valence-electron chi connectivity index (χ0n) is 18.8. The van der Waals surface area contributed by atoms with Gasteiger partial charge in [-0.15, -0.1) is 0 Å². The summed E-state index contributed by atoms with van der Waals surface area (Å²) < 4.78 is 6.35. The second-order valence-electron chi connectivity index (χ2n) is 9.36. The van der Waals surface area contributed by atoms with E-state index in [1.165, 1.54) is 49.7 Å². The van der Waals surface area contributed by atoms with Crippen LogP contribution in [0.2, 0.25) is 0 Å². The van der Waals surface area contributed by atoms with Crippen molar-refractivity contribution in [2.75, 3.05) is 25.0 Å². The summed E-state index contributed by atoms with van der Waals surface area (Å²) in [6, 6.07) is 19.2. The van der Waals surface area contributed by atoms with Crippen molar-refractivity contribution in [2.45, 2.75) is 64.5 Å². The summed E-state index contributed by atoms with van der Waals surface area (Å²) in [5.41, 5.74) is 3.92. The summed E-state index contributed by atoms with van der Waals surface area (Å²) in [5, 5.41) is 2.84. The summed E-state index contributed by atoms with van der Waals surface area (Å²) in [7, 11) is 0. The van der Waals surface area contributed by atoms with Gasteiger partial charge in [0.25, 0.3) is 0 Å². The lowest BCUT2D eigenvalue weighted by molar-refractivity contribution is -0.114. The molecule has 0 bridgehead atoms. The van der Waals surface area contributed by atoms with Crippen LogP contribution in [0.3, 0.4) is 0 Å². The average molecular weight is 421 g/mol. The van der Waals surface area contributed by atoms with E-state index < -0.39 is 0 Å². The Balaban J connectivity index is 1.37. The first-order valence-electron chi connectivity index (χ1n) is 11.9. The maximum absolute atomic E-state index is 11.2. The summed E-state index contributed by atoms with van der Waals surface area (Å²) in [5.74, 6) is -0.0273. The smallest absolute Gasteiger partial charge is 0.221 e. The second kappa shape index (κ2) is 10.4. The van der Waals surface area contributed by atoms with Gasteiger partial charge in [-0.25, -0.2) is 0 Å². The molecule has 1 amide bonds. The molecular formula is C27H36N2O2. The monoisotopic (exact) mass is 420 g/mol. The fraction of sp³-hybridized carbons (Fsp3) is 0.519. The Morgan fingerprint density at radius 2 is 1.77 bits per heavy atom. The Morgan fingerprint density at radius 1 is 1.03 bits per heavy atom. The predicted molar refractivity (Wildman–Crippen MR) is 126 cm³/mol. The molecule has 0 aromatic heterocycles. The van der Waals surface area contributed by atoms with Crippen molar-refractivity contribution in [1.82, 2.24) is 4.90 Å². The second-order valence-corrected chi connectivity index (χ2v) is 9.36. The molecule has 0 saturated carbocycles. The highest BCUT2D eigenvalue weighted by molar-refractivity contribution is 5.88. The van der Waals surface area contributed by atoms with E-state index >= 15 is 0 Å². The minimum atomic E-state index is -0.0273. The topological polar surface area (TPSA) is 41.6 Å². The number of amides is 1. The van der Waals surface area contributed by atoms with E-state index in [1.807, 2.05) is 12.1 Å². The first-order chi connectivity index (χ1) is 15.1. The van der Waals surface area contributed by atoms with Crippen molar-refractivity contribution in [2.24, 2.45) is 5.41 Å². The van der Waals surface area contributed by atoms with Gasteiger partial charge in [0.15, 0.2) is 0 Å². The predicted octanol–water partition coefficient (Wildman–Crippen LogP) is 5.43. The van der Waals surface area contributed by atoms with Crippen molar-refractivity contribution in [3.05, 3.63) is 65.7 Å². The minimum absolute atomic E-state index is 0.0273. The van der Waals surface area contributed by atoms with Crippen LogP contribution < -0.4 is 5.32 Å². The number of ether oxygens (including phenoxy) is 1. The van der Waals surface area contributed by atoms with Gasteiger partial charge in [-0.1, -0.05) is 42.5 Å². The van der Waals surface area contributed by atoms with Crippen LogP contribution in [0, 0.1) is 5.41 Å². The van der Waals surface area contributed by atoms with Gasteiger partial charge < -0.3 is 10.1 Å². The van der Waals surface area contributed by atoms with E-state index in [0.717, 1.165) is 38.3 Å². The van der Waals surface area contributed by atoms with Gasteiger partial charge in [0.1, 0.15) is 0 Å². The molecule has 2 aliphatic heterocycles. The fourth-order valence-corrected chi connectivity index (χ4v) is 5.31. The minimum Gasteiger partial charge on any atom is -0.378 e. The van der Waals surface area contributed by atoms with Gasteiger partial charge in [0.05, 0.1) is 6.10 Å². The normalized spacial score (nSPS) is 21.5. The summed E-state index contributed by atoms with van der Waals surface area (Å²) in [4.78, 5) is 13.8. The number of carbonyl (C=O) groups is 1.